The van der Waals surface area contributed by atoms with Crippen molar-refractivity contribution in [2.45, 2.75) is 45.2 Å². The summed E-state index contributed by atoms with van der Waals surface area (Å²) in [5, 5.41) is 2.16. The number of nitrogens with zero attached hydrogens (tertiary/aromatic N) is 1. The van der Waals surface area contributed by atoms with Crippen LogP contribution in [0.25, 0.3) is 0 Å². The molecule has 0 spiro atoms. The molecule has 3 heteroatoms. The Balaban J connectivity index is 2.10. The maximum absolute atomic E-state index is 6.10. The van der Waals surface area contributed by atoms with Crippen molar-refractivity contribution >= 4 is 11.3 Å². The van der Waals surface area contributed by atoms with Crippen LogP contribution in [0.1, 0.15) is 38.0 Å². The van der Waals surface area contributed by atoms with E-state index >= 15 is 0 Å². The van der Waals surface area contributed by atoms with E-state index in [1.807, 2.05) is 11.3 Å². The Morgan fingerprint density at radius 3 is 2.88 bits per heavy atom. The molecule has 1 aliphatic rings. The van der Waals surface area contributed by atoms with Gasteiger partial charge in [0, 0.05) is 23.5 Å². The molecule has 2 N–H and O–H groups in total. The quantitative estimate of drug-likeness (QED) is 0.872. The third kappa shape index (κ3) is 2.72. The monoisotopic (exact) mass is 252 g/mol. The average Bonchev–Trinajstić information content (AvgIpc) is 2.96. The van der Waals surface area contributed by atoms with Crippen molar-refractivity contribution in [2.75, 3.05) is 13.1 Å². The van der Waals surface area contributed by atoms with Crippen molar-refractivity contribution < 1.29 is 0 Å². The Morgan fingerprint density at radius 1 is 1.59 bits per heavy atom. The van der Waals surface area contributed by atoms with E-state index in [2.05, 4.69) is 36.3 Å². The Hall–Kier alpha value is -0.380. The van der Waals surface area contributed by atoms with Gasteiger partial charge in [-0.1, -0.05) is 19.9 Å². The molecule has 96 valence electrons. The summed E-state index contributed by atoms with van der Waals surface area (Å²) >= 11 is 1.85. The second kappa shape index (κ2) is 5.51. The number of hydrogen-bond donors (Lipinski definition) is 1. The van der Waals surface area contributed by atoms with Gasteiger partial charge in [-0.3, -0.25) is 4.90 Å². The second-order valence-electron chi connectivity index (χ2n) is 5.37. The van der Waals surface area contributed by atoms with Crippen molar-refractivity contribution in [3.05, 3.63) is 22.4 Å². The van der Waals surface area contributed by atoms with Crippen molar-refractivity contribution in [1.82, 2.24) is 4.90 Å². The number of rotatable bonds is 5. The molecule has 0 aliphatic heterocycles. The van der Waals surface area contributed by atoms with Gasteiger partial charge in [-0.2, -0.15) is 0 Å². The van der Waals surface area contributed by atoms with E-state index in [1.54, 1.807) is 0 Å². The van der Waals surface area contributed by atoms with E-state index in [4.69, 9.17) is 5.73 Å². The van der Waals surface area contributed by atoms with E-state index in [9.17, 15) is 0 Å². The third-order valence-electron chi connectivity index (χ3n) is 4.19. The lowest BCUT2D eigenvalue weighted by Crippen LogP contribution is -2.51. The summed E-state index contributed by atoms with van der Waals surface area (Å²) in [6, 6.07) is 4.37. The number of nitrogens with two attached hydrogens (primary N) is 1. The molecule has 0 aromatic carbocycles. The molecule has 1 saturated carbocycles. The Bertz CT molecular complexity index is 336. The molecule has 1 aliphatic carbocycles. The van der Waals surface area contributed by atoms with Gasteiger partial charge in [-0.25, -0.2) is 0 Å². The summed E-state index contributed by atoms with van der Waals surface area (Å²) in [6.45, 7) is 7.58. The molecule has 17 heavy (non-hydrogen) atoms. The molecule has 0 saturated heterocycles. The fourth-order valence-electron chi connectivity index (χ4n) is 3.18. The Labute approximate surface area is 109 Å². The zero-order chi connectivity index (χ0) is 12.3. The van der Waals surface area contributed by atoms with Crippen molar-refractivity contribution in [1.29, 1.82) is 0 Å². The lowest BCUT2D eigenvalue weighted by molar-refractivity contribution is 0.0948. The van der Waals surface area contributed by atoms with Gasteiger partial charge in [0.15, 0.2) is 0 Å². The van der Waals surface area contributed by atoms with Crippen molar-refractivity contribution in [3.63, 3.8) is 0 Å². The molecule has 1 fully saturated rings. The standard InChI is InChI=1S/C14H24N2S/c1-3-16(10-13-5-4-8-17-13)14(11-15)7-6-12(2)9-14/h4-5,8,12H,3,6-7,9-11,15H2,1-2H3. The van der Waals surface area contributed by atoms with Crippen LogP contribution in [0.4, 0.5) is 0 Å². The molecule has 1 aromatic heterocycles. The van der Waals surface area contributed by atoms with E-state index in [0.717, 1.165) is 25.6 Å². The van der Waals surface area contributed by atoms with Gasteiger partial charge in [-0.05, 0) is 43.2 Å². The highest BCUT2D eigenvalue weighted by Crippen LogP contribution is 2.39. The summed E-state index contributed by atoms with van der Waals surface area (Å²) in [6.07, 6.45) is 3.87. The molecule has 2 rings (SSSR count). The van der Waals surface area contributed by atoms with E-state index in [0.29, 0.717) is 0 Å². The van der Waals surface area contributed by atoms with Gasteiger partial charge >= 0.3 is 0 Å². The zero-order valence-corrected chi connectivity index (χ0v) is 11.8. The summed E-state index contributed by atoms with van der Waals surface area (Å²) < 4.78 is 0. The highest BCUT2D eigenvalue weighted by Gasteiger charge is 2.40. The highest BCUT2D eigenvalue weighted by atomic mass is 32.1. The van der Waals surface area contributed by atoms with Gasteiger partial charge in [-0.15, -0.1) is 11.3 Å². The second-order valence-corrected chi connectivity index (χ2v) is 6.40. The molecule has 1 aromatic rings. The highest BCUT2D eigenvalue weighted by molar-refractivity contribution is 7.09. The minimum atomic E-state index is 0.262. The van der Waals surface area contributed by atoms with Crippen LogP contribution in [0, 0.1) is 5.92 Å². The van der Waals surface area contributed by atoms with Gasteiger partial charge in [0.25, 0.3) is 0 Å². The predicted molar refractivity (Wildman–Crippen MR) is 75.2 cm³/mol. The number of hydrogen-bond acceptors (Lipinski definition) is 3. The molecular weight excluding hydrogens is 228 g/mol. The maximum atomic E-state index is 6.10. The third-order valence-corrected chi connectivity index (χ3v) is 5.05. The predicted octanol–water partition coefficient (Wildman–Crippen LogP) is 3.09. The summed E-state index contributed by atoms with van der Waals surface area (Å²) in [4.78, 5) is 4.06. The van der Waals surface area contributed by atoms with Gasteiger partial charge in [0.1, 0.15) is 0 Å². The average molecular weight is 252 g/mol. The molecule has 2 unspecified atom stereocenters. The Morgan fingerprint density at radius 2 is 2.41 bits per heavy atom. The lowest BCUT2D eigenvalue weighted by Gasteiger charge is -2.40. The summed E-state index contributed by atoms with van der Waals surface area (Å²) in [5.74, 6) is 0.830. The van der Waals surface area contributed by atoms with E-state index in [1.165, 1.54) is 24.1 Å². The molecule has 2 nitrogen and oxygen atoms in total. The molecule has 0 radical (unpaired) electrons. The van der Waals surface area contributed by atoms with Crippen LogP contribution in [-0.2, 0) is 6.54 Å². The molecule has 2 atom stereocenters. The number of likely N-dealkylation sites (N-methyl/N-ethyl adjacent to an activating group) is 1. The first-order valence-electron chi connectivity index (χ1n) is 6.67. The van der Waals surface area contributed by atoms with Gasteiger partial charge in [0.05, 0.1) is 0 Å². The van der Waals surface area contributed by atoms with E-state index < -0.39 is 0 Å². The molecule has 0 amide bonds. The largest absolute Gasteiger partial charge is 0.329 e. The SMILES string of the molecule is CCN(Cc1cccs1)C1(CN)CCC(C)C1. The van der Waals surface area contributed by atoms with Crippen LogP contribution in [-0.4, -0.2) is 23.5 Å². The van der Waals surface area contributed by atoms with Crippen LogP contribution in [0.2, 0.25) is 0 Å². The molecule has 0 bridgehead atoms. The first kappa shape index (κ1) is 13.1. The molecule has 1 heterocycles. The first-order chi connectivity index (χ1) is 8.20. The van der Waals surface area contributed by atoms with Crippen LogP contribution in [0.15, 0.2) is 17.5 Å². The van der Waals surface area contributed by atoms with Crippen molar-refractivity contribution in [3.8, 4) is 0 Å². The fraction of sp³-hybridized carbons (Fsp3) is 0.714. The van der Waals surface area contributed by atoms with Crippen molar-refractivity contribution in [2.24, 2.45) is 11.7 Å². The van der Waals surface area contributed by atoms with Crippen LogP contribution in [0.3, 0.4) is 0 Å². The van der Waals surface area contributed by atoms with Crippen LogP contribution < -0.4 is 5.73 Å². The van der Waals surface area contributed by atoms with Crippen LogP contribution >= 0.6 is 11.3 Å². The zero-order valence-electron chi connectivity index (χ0n) is 11.0. The minimum absolute atomic E-state index is 0.262. The Kier molecular flexibility index (Phi) is 4.23. The fourth-order valence-corrected chi connectivity index (χ4v) is 3.89. The maximum Gasteiger partial charge on any atom is 0.0338 e. The summed E-state index contributed by atoms with van der Waals surface area (Å²) in [7, 11) is 0. The molecular formula is C14H24N2S. The normalized spacial score (nSPS) is 29.1. The van der Waals surface area contributed by atoms with Crippen LogP contribution in [0.5, 0.6) is 0 Å². The number of thiophene rings is 1. The van der Waals surface area contributed by atoms with Gasteiger partial charge in [0.2, 0.25) is 0 Å². The first-order valence-corrected chi connectivity index (χ1v) is 7.55. The topological polar surface area (TPSA) is 29.3 Å². The lowest BCUT2D eigenvalue weighted by atomic mass is 9.93. The van der Waals surface area contributed by atoms with Gasteiger partial charge < -0.3 is 5.73 Å². The van der Waals surface area contributed by atoms with E-state index in [-0.39, 0.29) is 5.54 Å². The minimum Gasteiger partial charge on any atom is -0.329 e. The summed E-state index contributed by atoms with van der Waals surface area (Å²) in [5.41, 5.74) is 6.36. The smallest absolute Gasteiger partial charge is 0.0338 e.